The summed E-state index contributed by atoms with van der Waals surface area (Å²) in [6.45, 7) is 5.22. The smallest absolute Gasteiger partial charge is 0.338 e. The molecule has 6 nitrogen and oxygen atoms in total. The standard InChI is InChI=1S/C19H20ClNO5S/c1-11-7-13(3)15(8-12(11)2)17(22)10-26-19(23)14-5-6-16(20)18(9-14)27(24,25)21-4/h5-9,21H,10H2,1-4H3. The number of esters is 1. The third-order valence-corrected chi connectivity index (χ3v) is 6.10. The van der Waals surface area contributed by atoms with Gasteiger partial charge in [-0.2, -0.15) is 0 Å². The van der Waals surface area contributed by atoms with Gasteiger partial charge in [-0.15, -0.1) is 0 Å². The molecule has 0 aliphatic rings. The van der Waals surface area contributed by atoms with E-state index in [1.165, 1.54) is 19.2 Å². The highest BCUT2D eigenvalue weighted by Crippen LogP contribution is 2.23. The molecule has 0 unspecified atom stereocenters. The van der Waals surface area contributed by atoms with Gasteiger partial charge in [-0.05, 0) is 68.8 Å². The molecule has 0 amide bonds. The van der Waals surface area contributed by atoms with E-state index in [9.17, 15) is 18.0 Å². The summed E-state index contributed by atoms with van der Waals surface area (Å²) in [4.78, 5) is 24.4. The predicted molar refractivity (Wildman–Crippen MR) is 103 cm³/mol. The maximum absolute atomic E-state index is 12.4. The molecule has 0 atom stereocenters. The van der Waals surface area contributed by atoms with Gasteiger partial charge in [0.15, 0.2) is 6.61 Å². The van der Waals surface area contributed by atoms with E-state index in [1.54, 1.807) is 6.07 Å². The lowest BCUT2D eigenvalue weighted by atomic mass is 9.98. The fourth-order valence-corrected chi connectivity index (χ4v) is 3.75. The Morgan fingerprint density at radius 1 is 1.04 bits per heavy atom. The van der Waals surface area contributed by atoms with E-state index >= 15 is 0 Å². The average Bonchev–Trinajstić information content (AvgIpc) is 2.62. The summed E-state index contributed by atoms with van der Waals surface area (Å²) in [7, 11) is -2.59. The van der Waals surface area contributed by atoms with Gasteiger partial charge in [-0.25, -0.2) is 17.9 Å². The maximum Gasteiger partial charge on any atom is 0.338 e. The Morgan fingerprint density at radius 2 is 1.67 bits per heavy atom. The van der Waals surface area contributed by atoms with Crippen LogP contribution in [0.15, 0.2) is 35.2 Å². The van der Waals surface area contributed by atoms with Crippen LogP contribution in [0, 0.1) is 20.8 Å². The van der Waals surface area contributed by atoms with Gasteiger partial charge in [-0.3, -0.25) is 4.79 Å². The number of rotatable bonds is 6. The second kappa shape index (κ2) is 8.21. The summed E-state index contributed by atoms with van der Waals surface area (Å²) < 4.78 is 31.1. The van der Waals surface area contributed by atoms with Crippen molar-refractivity contribution in [1.82, 2.24) is 4.72 Å². The van der Waals surface area contributed by atoms with Crippen LogP contribution in [0.4, 0.5) is 0 Å². The maximum atomic E-state index is 12.4. The van der Waals surface area contributed by atoms with E-state index in [4.69, 9.17) is 16.3 Å². The number of ether oxygens (including phenoxy) is 1. The third-order valence-electron chi connectivity index (χ3n) is 4.20. The zero-order valence-electron chi connectivity index (χ0n) is 15.4. The number of benzene rings is 2. The van der Waals surface area contributed by atoms with Crippen LogP contribution in [0.5, 0.6) is 0 Å². The first kappa shape index (κ1) is 21.1. The van der Waals surface area contributed by atoms with Crippen LogP contribution >= 0.6 is 11.6 Å². The Bertz CT molecular complexity index is 1020. The molecular formula is C19H20ClNO5S. The van der Waals surface area contributed by atoms with Crippen molar-refractivity contribution in [3.63, 3.8) is 0 Å². The van der Waals surface area contributed by atoms with Gasteiger partial charge in [0.1, 0.15) is 4.90 Å². The Labute approximate surface area is 163 Å². The third kappa shape index (κ3) is 4.74. The first-order valence-electron chi connectivity index (χ1n) is 8.08. The molecule has 0 aliphatic heterocycles. The lowest BCUT2D eigenvalue weighted by Gasteiger charge is -2.10. The van der Waals surface area contributed by atoms with Crippen molar-refractivity contribution < 1.29 is 22.7 Å². The molecule has 144 valence electrons. The van der Waals surface area contributed by atoms with Gasteiger partial charge < -0.3 is 4.74 Å². The highest BCUT2D eigenvalue weighted by molar-refractivity contribution is 7.89. The Morgan fingerprint density at radius 3 is 2.30 bits per heavy atom. The molecule has 2 rings (SSSR count). The van der Waals surface area contributed by atoms with Gasteiger partial charge in [0.25, 0.3) is 0 Å². The molecule has 0 bridgehead atoms. The molecule has 2 aromatic carbocycles. The van der Waals surface area contributed by atoms with E-state index in [1.807, 2.05) is 26.8 Å². The normalized spacial score (nSPS) is 11.3. The van der Waals surface area contributed by atoms with E-state index in [0.29, 0.717) is 5.56 Å². The SMILES string of the molecule is CNS(=O)(=O)c1cc(C(=O)OCC(=O)c2cc(C)c(C)cc2C)ccc1Cl. The van der Waals surface area contributed by atoms with Crippen LogP contribution in [0.1, 0.15) is 37.4 Å². The van der Waals surface area contributed by atoms with Crippen LogP contribution in [0.2, 0.25) is 5.02 Å². The largest absolute Gasteiger partial charge is 0.454 e. The van der Waals surface area contributed by atoms with E-state index in [-0.39, 0.29) is 21.3 Å². The summed E-state index contributed by atoms with van der Waals surface area (Å²) >= 11 is 5.89. The molecule has 0 heterocycles. The summed E-state index contributed by atoms with van der Waals surface area (Å²) in [5.74, 6) is -1.14. The lowest BCUT2D eigenvalue weighted by Crippen LogP contribution is -2.20. The minimum Gasteiger partial charge on any atom is -0.454 e. The zero-order chi connectivity index (χ0) is 20.4. The van der Waals surface area contributed by atoms with Gasteiger partial charge in [0.05, 0.1) is 10.6 Å². The first-order chi connectivity index (χ1) is 12.6. The monoisotopic (exact) mass is 409 g/mol. The van der Waals surface area contributed by atoms with Crippen LogP contribution in [-0.4, -0.2) is 33.8 Å². The molecule has 0 aromatic heterocycles. The van der Waals surface area contributed by atoms with Crippen LogP contribution in [0.3, 0.4) is 0 Å². The van der Waals surface area contributed by atoms with Crippen molar-refractivity contribution in [3.8, 4) is 0 Å². The summed E-state index contributed by atoms with van der Waals surface area (Å²) in [5, 5.41) is -0.0252. The quantitative estimate of drug-likeness (QED) is 0.584. The topological polar surface area (TPSA) is 89.5 Å². The highest BCUT2D eigenvalue weighted by atomic mass is 35.5. The molecule has 27 heavy (non-hydrogen) atoms. The van der Waals surface area contributed by atoms with E-state index in [0.717, 1.165) is 22.8 Å². The number of ketones is 1. The molecule has 0 radical (unpaired) electrons. The Kier molecular flexibility index (Phi) is 6.41. The van der Waals surface area contributed by atoms with Crippen LogP contribution in [0.25, 0.3) is 0 Å². The van der Waals surface area contributed by atoms with Gasteiger partial charge in [0.2, 0.25) is 15.8 Å². The summed E-state index contributed by atoms with van der Waals surface area (Å²) in [6.07, 6.45) is 0. The van der Waals surface area contributed by atoms with Gasteiger partial charge in [-0.1, -0.05) is 17.7 Å². The minimum atomic E-state index is -3.83. The summed E-state index contributed by atoms with van der Waals surface area (Å²) in [6, 6.07) is 7.41. The molecule has 8 heteroatoms. The number of aryl methyl sites for hydroxylation is 3. The molecule has 0 saturated carbocycles. The number of sulfonamides is 1. The molecule has 1 N–H and O–H groups in total. The fourth-order valence-electron chi connectivity index (χ4n) is 2.50. The second-order valence-corrected chi connectivity index (χ2v) is 8.37. The first-order valence-corrected chi connectivity index (χ1v) is 9.94. The molecule has 0 saturated heterocycles. The predicted octanol–water partition coefficient (Wildman–Crippen LogP) is 3.21. The Balaban J connectivity index is 2.18. The zero-order valence-corrected chi connectivity index (χ0v) is 17.0. The second-order valence-electron chi connectivity index (χ2n) is 6.10. The number of carbonyl (C=O) groups excluding carboxylic acids is 2. The highest BCUT2D eigenvalue weighted by Gasteiger charge is 2.20. The molecule has 0 spiro atoms. The van der Waals surface area contributed by atoms with Crippen molar-refractivity contribution in [3.05, 3.63) is 63.2 Å². The van der Waals surface area contributed by atoms with Crippen LogP contribution in [-0.2, 0) is 14.8 Å². The van der Waals surface area contributed by atoms with E-state index in [2.05, 4.69) is 4.72 Å². The van der Waals surface area contributed by atoms with Crippen LogP contribution < -0.4 is 4.72 Å². The lowest BCUT2D eigenvalue weighted by molar-refractivity contribution is 0.0474. The van der Waals surface area contributed by atoms with Gasteiger partial charge in [0, 0.05) is 5.56 Å². The van der Waals surface area contributed by atoms with Crippen molar-refractivity contribution in [2.45, 2.75) is 25.7 Å². The van der Waals surface area contributed by atoms with Crippen molar-refractivity contribution >= 4 is 33.4 Å². The Hall–Kier alpha value is -2.22. The minimum absolute atomic E-state index is 0.0159. The summed E-state index contributed by atoms with van der Waals surface area (Å²) in [5.41, 5.74) is 3.31. The molecule has 0 fully saturated rings. The number of hydrogen-bond acceptors (Lipinski definition) is 5. The fraction of sp³-hybridized carbons (Fsp3) is 0.263. The van der Waals surface area contributed by atoms with Crippen molar-refractivity contribution in [2.24, 2.45) is 0 Å². The van der Waals surface area contributed by atoms with Crippen molar-refractivity contribution in [2.75, 3.05) is 13.7 Å². The molecule has 2 aromatic rings. The average molecular weight is 410 g/mol. The number of halogens is 1. The number of carbonyl (C=O) groups is 2. The van der Waals surface area contributed by atoms with Gasteiger partial charge >= 0.3 is 5.97 Å². The van der Waals surface area contributed by atoms with Crippen molar-refractivity contribution in [1.29, 1.82) is 0 Å². The number of hydrogen-bond donors (Lipinski definition) is 1. The number of nitrogens with one attached hydrogen (secondary N) is 1. The molecular weight excluding hydrogens is 390 g/mol. The molecule has 0 aliphatic carbocycles. The number of Topliss-reactive ketones (excluding diaryl/α,β-unsaturated/α-hetero) is 1. The van der Waals surface area contributed by atoms with E-state index < -0.39 is 22.6 Å².